The lowest BCUT2D eigenvalue weighted by molar-refractivity contribution is -0.131. The molecule has 0 aliphatic rings. The lowest BCUT2D eigenvalue weighted by Gasteiger charge is -2.26. The number of aliphatic carboxylic acids is 1. The number of anilines is 1. The highest BCUT2D eigenvalue weighted by molar-refractivity contribution is 5.86. The van der Waals surface area contributed by atoms with E-state index >= 15 is 0 Å². The van der Waals surface area contributed by atoms with Crippen LogP contribution in [0.5, 0.6) is 0 Å². The summed E-state index contributed by atoms with van der Waals surface area (Å²) in [5.41, 5.74) is 0.798. The first-order valence-electron chi connectivity index (χ1n) is 6.64. The van der Waals surface area contributed by atoms with E-state index in [1.54, 1.807) is 25.4 Å². The molecular formula is C15H22N2O3. The van der Waals surface area contributed by atoms with Gasteiger partial charge >= 0.3 is 5.97 Å². The number of carbonyl (C=O) groups is 1. The summed E-state index contributed by atoms with van der Waals surface area (Å²) in [4.78, 5) is 17.2. The van der Waals surface area contributed by atoms with Crippen molar-refractivity contribution in [2.24, 2.45) is 5.92 Å². The maximum atomic E-state index is 10.7. The van der Waals surface area contributed by atoms with Crippen LogP contribution in [0.1, 0.15) is 19.4 Å². The van der Waals surface area contributed by atoms with E-state index in [2.05, 4.69) is 23.7 Å². The summed E-state index contributed by atoms with van der Waals surface area (Å²) in [6, 6.07) is 3.66. The third kappa shape index (κ3) is 5.40. The molecule has 1 aromatic rings. The molecule has 5 heteroatoms. The van der Waals surface area contributed by atoms with Crippen LogP contribution >= 0.6 is 0 Å². The van der Waals surface area contributed by atoms with Gasteiger partial charge in [0, 0.05) is 38.0 Å². The number of aromatic nitrogens is 1. The van der Waals surface area contributed by atoms with Crippen LogP contribution in [0, 0.1) is 5.92 Å². The first-order chi connectivity index (χ1) is 9.54. The van der Waals surface area contributed by atoms with Crippen molar-refractivity contribution in [2.75, 3.05) is 31.7 Å². The first-order valence-corrected chi connectivity index (χ1v) is 6.64. The quantitative estimate of drug-likeness (QED) is 0.739. The standard InChI is InChI=1S/C15H22N2O3/c1-12(2)11-17(9-10-20-3)15-13(5-4-8-16-15)6-7-14(18)19/h4-8,12H,9-11H2,1-3H3,(H,18,19)/b7-6+. The van der Waals surface area contributed by atoms with E-state index in [-0.39, 0.29) is 0 Å². The fraction of sp³-hybridized carbons (Fsp3) is 0.467. The van der Waals surface area contributed by atoms with Gasteiger partial charge in [0.05, 0.1) is 6.61 Å². The van der Waals surface area contributed by atoms with Crippen LogP contribution < -0.4 is 4.90 Å². The highest BCUT2D eigenvalue weighted by Crippen LogP contribution is 2.19. The fourth-order valence-electron chi connectivity index (χ4n) is 1.89. The Morgan fingerprint density at radius 1 is 1.55 bits per heavy atom. The number of pyridine rings is 1. The largest absolute Gasteiger partial charge is 0.478 e. The molecule has 0 spiro atoms. The number of carboxylic acids is 1. The fourth-order valence-corrected chi connectivity index (χ4v) is 1.89. The Kier molecular flexibility index (Phi) is 6.73. The average molecular weight is 278 g/mol. The smallest absolute Gasteiger partial charge is 0.328 e. The van der Waals surface area contributed by atoms with Gasteiger partial charge in [0.15, 0.2) is 0 Å². The van der Waals surface area contributed by atoms with Crippen LogP contribution in [0.2, 0.25) is 0 Å². The minimum absolute atomic E-state index is 0.477. The molecule has 0 atom stereocenters. The summed E-state index contributed by atoms with van der Waals surface area (Å²) in [7, 11) is 1.66. The van der Waals surface area contributed by atoms with E-state index in [0.717, 1.165) is 30.5 Å². The van der Waals surface area contributed by atoms with Gasteiger partial charge in [-0.1, -0.05) is 13.8 Å². The Hall–Kier alpha value is -1.88. The Bertz CT molecular complexity index is 458. The van der Waals surface area contributed by atoms with Crippen molar-refractivity contribution in [1.29, 1.82) is 0 Å². The normalized spacial score (nSPS) is 11.2. The zero-order valence-electron chi connectivity index (χ0n) is 12.2. The van der Waals surface area contributed by atoms with Crippen LogP contribution in [0.25, 0.3) is 6.08 Å². The molecule has 0 amide bonds. The van der Waals surface area contributed by atoms with Gasteiger partial charge in [0.2, 0.25) is 0 Å². The third-order valence-electron chi connectivity index (χ3n) is 2.67. The molecule has 0 radical (unpaired) electrons. The number of methoxy groups -OCH3 is 1. The van der Waals surface area contributed by atoms with Gasteiger partial charge in [-0.05, 0) is 24.1 Å². The SMILES string of the molecule is COCCN(CC(C)C)c1ncccc1/C=C/C(=O)O. The highest BCUT2D eigenvalue weighted by atomic mass is 16.5. The summed E-state index contributed by atoms with van der Waals surface area (Å²) < 4.78 is 5.13. The number of rotatable bonds is 8. The molecule has 1 rings (SSSR count). The lowest BCUT2D eigenvalue weighted by Crippen LogP contribution is -2.32. The molecule has 1 heterocycles. The molecule has 0 fully saturated rings. The summed E-state index contributed by atoms with van der Waals surface area (Å²) >= 11 is 0. The van der Waals surface area contributed by atoms with E-state index in [0.29, 0.717) is 12.5 Å². The summed E-state index contributed by atoms with van der Waals surface area (Å²) in [5, 5.41) is 8.75. The Morgan fingerprint density at radius 3 is 2.90 bits per heavy atom. The monoisotopic (exact) mass is 278 g/mol. The second-order valence-electron chi connectivity index (χ2n) is 4.92. The topological polar surface area (TPSA) is 62.7 Å². The van der Waals surface area contributed by atoms with Crippen LogP contribution in [0.3, 0.4) is 0 Å². The Balaban J connectivity index is 3.01. The van der Waals surface area contributed by atoms with Gasteiger partial charge in [-0.2, -0.15) is 0 Å². The molecule has 0 aliphatic heterocycles. The van der Waals surface area contributed by atoms with Gasteiger partial charge in [0.25, 0.3) is 0 Å². The molecule has 1 aromatic heterocycles. The predicted molar refractivity (Wildman–Crippen MR) is 79.8 cm³/mol. The second kappa shape index (κ2) is 8.32. The van der Waals surface area contributed by atoms with Gasteiger partial charge in [0.1, 0.15) is 5.82 Å². The van der Waals surface area contributed by atoms with Crippen LogP contribution in [-0.4, -0.2) is 42.9 Å². The van der Waals surface area contributed by atoms with Crippen molar-refractivity contribution in [3.05, 3.63) is 30.0 Å². The molecule has 0 saturated carbocycles. The average Bonchev–Trinajstić information content (AvgIpc) is 2.41. The van der Waals surface area contributed by atoms with Crippen molar-refractivity contribution >= 4 is 17.9 Å². The molecule has 0 aliphatic carbocycles. The first kappa shape index (κ1) is 16.2. The van der Waals surface area contributed by atoms with Crippen molar-refractivity contribution in [2.45, 2.75) is 13.8 Å². The Labute approximate surface area is 119 Å². The third-order valence-corrected chi connectivity index (χ3v) is 2.67. The van der Waals surface area contributed by atoms with E-state index in [9.17, 15) is 4.79 Å². The minimum atomic E-state index is -0.966. The molecule has 0 bridgehead atoms. The van der Waals surface area contributed by atoms with Gasteiger partial charge in [-0.25, -0.2) is 9.78 Å². The predicted octanol–water partition coefficient (Wildman–Crippen LogP) is 2.29. The minimum Gasteiger partial charge on any atom is -0.478 e. The second-order valence-corrected chi connectivity index (χ2v) is 4.92. The number of carboxylic acid groups (broad SMARTS) is 1. The molecule has 0 aromatic carbocycles. The van der Waals surface area contributed by atoms with E-state index < -0.39 is 5.97 Å². The zero-order chi connectivity index (χ0) is 15.0. The molecule has 0 saturated heterocycles. The maximum Gasteiger partial charge on any atom is 0.328 e. The highest BCUT2D eigenvalue weighted by Gasteiger charge is 2.12. The number of hydrogen-bond acceptors (Lipinski definition) is 4. The molecule has 20 heavy (non-hydrogen) atoms. The maximum absolute atomic E-state index is 10.7. The lowest BCUT2D eigenvalue weighted by atomic mass is 10.1. The number of nitrogens with zero attached hydrogens (tertiary/aromatic N) is 2. The summed E-state index contributed by atoms with van der Waals surface area (Å²) in [6.07, 6.45) is 4.42. The molecular weight excluding hydrogens is 256 g/mol. The number of hydrogen-bond donors (Lipinski definition) is 1. The molecule has 5 nitrogen and oxygen atoms in total. The van der Waals surface area contributed by atoms with Crippen LogP contribution in [0.15, 0.2) is 24.4 Å². The van der Waals surface area contributed by atoms with Crippen molar-refractivity contribution in [3.8, 4) is 0 Å². The van der Waals surface area contributed by atoms with Crippen LogP contribution in [0.4, 0.5) is 5.82 Å². The van der Waals surface area contributed by atoms with E-state index in [4.69, 9.17) is 9.84 Å². The van der Waals surface area contributed by atoms with Crippen molar-refractivity contribution in [3.63, 3.8) is 0 Å². The molecule has 110 valence electrons. The van der Waals surface area contributed by atoms with Gasteiger partial charge in [-0.15, -0.1) is 0 Å². The molecule has 1 N–H and O–H groups in total. The van der Waals surface area contributed by atoms with Gasteiger partial charge < -0.3 is 14.7 Å². The zero-order valence-corrected chi connectivity index (χ0v) is 12.2. The van der Waals surface area contributed by atoms with Crippen molar-refractivity contribution in [1.82, 2.24) is 4.98 Å². The van der Waals surface area contributed by atoms with Crippen LogP contribution in [-0.2, 0) is 9.53 Å². The Morgan fingerprint density at radius 2 is 2.30 bits per heavy atom. The molecule has 0 unspecified atom stereocenters. The van der Waals surface area contributed by atoms with E-state index in [1.807, 2.05) is 6.07 Å². The van der Waals surface area contributed by atoms with E-state index in [1.165, 1.54) is 0 Å². The van der Waals surface area contributed by atoms with Gasteiger partial charge in [-0.3, -0.25) is 0 Å². The van der Waals surface area contributed by atoms with Crippen molar-refractivity contribution < 1.29 is 14.6 Å². The summed E-state index contributed by atoms with van der Waals surface area (Å²) in [6.45, 7) is 6.43. The number of ether oxygens (including phenoxy) is 1. The summed E-state index contributed by atoms with van der Waals surface area (Å²) in [5.74, 6) is 0.299.